The van der Waals surface area contributed by atoms with Crippen LogP contribution in [-0.4, -0.2) is 30.0 Å². The van der Waals surface area contributed by atoms with Crippen molar-refractivity contribution in [2.24, 2.45) is 0 Å². The van der Waals surface area contributed by atoms with Gasteiger partial charge in [-0.3, -0.25) is 4.90 Å². The molecule has 0 radical (unpaired) electrons. The summed E-state index contributed by atoms with van der Waals surface area (Å²) in [5, 5.41) is 0. The van der Waals surface area contributed by atoms with Gasteiger partial charge in [0, 0.05) is 25.0 Å². The molecule has 0 amide bonds. The number of benzene rings is 2. The second kappa shape index (κ2) is 10.5. The van der Waals surface area contributed by atoms with Crippen LogP contribution in [0.4, 0.5) is 0 Å². The van der Waals surface area contributed by atoms with Gasteiger partial charge in [-0.25, -0.2) is 0 Å². The molecule has 0 heterocycles. The molecule has 0 aliphatic rings. The van der Waals surface area contributed by atoms with Crippen LogP contribution in [0.1, 0.15) is 44.2 Å². The highest BCUT2D eigenvalue weighted by molar-refractivity contribution is 6.18. The monoisotopic (exact) mass is 359 g/mol. The zero-order chi connectivity index (χ0) is 18.1. The normalized spacial score (nSPS) is 13.6. The lowest BCUT2D eigenvalue weighted by atomic mass is 9.99. The van der Waals surface area contributed by atoms with E-state index in [1.807, 2.05) is 6.07 Å². The zero-order valence-electron chi connectivity index (χ0n) is 15.6. The molecule has 0 aliphatic carbocycles. The first-order valence-electron chi connectivity index (χ1n) is 9.20. The molecule has 0 unspecified atom stereocenters. The molecule has 2 atom stereocenters. The Labute approximate surface area is 157 Å². The third-order valence-electron chi connectivity index (χ3n) is 4.78. The molecule has 0 fully saturated rings. The van der Waals surface area contributed by atoms with E-state index in [2.05, 4.69) is 74.2 Å². The number of alkyl halides is 1. The topological polar surface area (TPSA) is 12.5 Å². The maximum atomic E-state index is 6.02. The average molecular weight is 360 g/mol. The van der Waals surface area contributed by atoms with Gasteiger partial charge in [0.05, 0.1) is 0 Å². The largest absolute Gasteiger partial charge is 0.492 e. The molecule has 0 bridgehead atoms. The Bertz CT molecular complexity index is 599. The fourth-order valence-electron chi connectivity index (χ4n) is 2.83. The first kappa shape index (κ1) is 19.8. The summed E-state index contributed by atoms with van der Waals surface area (Å²) in [6.07, 6.45) is 1.16. The van der Waals surface area contributed by atoms with Gasteiger partial charge < -0.3 is 4.74 Å². The molecular formula is C22H30ClNO. The van der Waals surface area contributed by atoms with Crippen LogP contribution in [0, 0.1) is 0 Å². The molecule has 0 saturated heterocycles. The molecule has 2 aromatic carbocycles. The maximum Gasteiger partial charge on any atom is 0.119 e. The molecule has 25 heavy (non-hydrogen) atoms. The Kier molecular flexibility index (Phi) is 8.30. The molecule has 2 rings (SSSR count). The smallest absolute Gasteiger partial charge is 0.119 e. The Morgan fingerprint density at radius 1 is 1.00 bits per heavy atom. The summed E-state index contributed by atoms with van der Waals surface area (Å²) in [4.78, 5) is 2.37. The highest BCUT2D eigenvalue weighted by Crippen LogP contribution is 2.21. The van der Waals surface area contributed by atoms with Gasteiger partial charge >= 0.3 is 0 Å². The van der Waals surface area contributed by atoms with Crippen molar-refractivity contribution >= 4 is 11.6 Å². The zero-order valence-corrected chi connectivity index (χ0v) is 16.4. The number of halogens is 1. The number of rotatable bonds is 10. The van der Waals surface area contributed by atoms with E-state index in [1.54, 1.807) is 0 Å². The van der Waals surface area contributed by atoms with Crippen molar-refractivity contribution in [3.8, 4) is 5.75 Å². The molecular weight excluding hydrogens is 330 g/mol. The predicted octanol–water partition coefficient (Wildman–Crippen LogP) is 5.71. The summed E-state index contributed by atoms with van der Waals surface area (Å²) in [6, 6.07) is 19.3. The third-order valence-corrected chi connectivity index (χ3v) is 4.95. The summed E-state index contributed by atoms with van der Waals surface area (Å²) in [7, 11) is 0. The Morgan fingerprint density at radius 2 is 1.68 bits per heavy atom. The Balaban J connectivity index is 1.90. The lowest BCUT2D eigenvalue weighted by Gasteiger charge is -2.28. The molecule has 0 aliphatic heterocycles. The second-order valence-electron chi connectivity index (χ2n) is 6.68. The summed E-state index contributed by atoms with van der Waals surface area (Å²) in [5.74, 6) is 2.16. The SMILES string of the molecule is CC[C@@H](C)c1ccc(OC[C@@H](C)N(CCCl)Cc2ccccc2)cc1. The lowest BCUT2D eigenvalue weighted by molar-refractivity contribution is 0.146. The summed E-state index contributed by atoms with van der Waals surface area (Å²) >= 11 is 6.00. The van der Waals surface area contributed by atoms with E-state index in [1.165, 1.54) is 11.1 Å². The Hall–Kier alpha value is -1.51. The van der Waals surface area contributed by atoms with Crippen molar-refractivity contribution in [1.82, 2.24) is 4.90 Å². The highest BCUT2D eigenvalue weighted by Gasteiger charge is 2.15. The summed E-state index contributed by atoms with van der Waals surface area (Å²) < 4.78 is 6.02. The molecule has 2 nitrogen and oxygen atoms in total. The molecule has 3 heteroatoms. The Morgan fingerprint density at radius 3 is 2.28 bits per heavy atom. The van der Waals surface area contributed by atoms with Crippen molar-refractivity contribution < 1.29 is 4.74 Å². The van der Waals surface area contributed by atoms with Gasteiger partial charge in [-0.1, -0.05) is 56.3 Å². The van der Waals surface area contributed by atoms with E-state index in [0.717, 1.165) is 25.3 Å². The third kappa shape index (κ3) is 6.37. The van der Waals surface area contributed by atoms with Gasteiger partial charge in [-0.05, 0) is 42.5 Å². The van der Waals surface area contributed by atoms with Gasteiger partial charge in [0.2, 0.25) is 0 Å². The lowest BCUT2D eigenvalue weighted by Crippen LogP contribution is -2.38. The second-order valence-corrected chi connectivity index (χ2v) is 7.06. The van der Waals surface area contributed by atoms with E-state index in [4.69, 9.17) is 16.3 Å². The van der Waals surface area contributed by atoms with Gasteiger partial charge in [-0.2, -0.15) is 0 Å². The van der Waals surface area contributed by atoms with Crippen molar-refractivity contribution in [1.29, 1.82) is 0 Å². The minimum absolute atomic E-state index is 0.299. The summed E-state index contributed by atoms with van der Waals surface area (Å²) in [6.45, 7) is 9.08. The molecule has 0 aromatic heterocycles. The van der Waals surface area contributed by atoms with Gasteiger partial charge in [0.1, 0.15) is 12.4 Å². The van der Waals surface area contributed by atoms with E-state index >= 15 is 0 Å². The minimum atomic E-state index is 0.299. The fourth-order valence-corrected chi connectivity index (χ4v) is 3.05. The van der Waals surface area contributed by atoms with Crippen LogP contribution in [0.2, 0.25) is 0 Å². The van der Waals surface area contributed by atoms with Gasteiger partial charge in [0.25, 0.3) is 0 Å². The van der Waals surface area contributed by atoms with E-state index in [0.29, 0.717) is 24.4 Å². The van der Waals surface area contributed by atoms with Crippen molar-refractivity contribution in [2.75, 3.05) is 19.0 Å². The first-order valence-corrected chi connectivity index (χ1v) is 9.74. The van der Waals surface area contributed by atoms with E-state index in [9.17, 15) is 0 Å². The molecule has 136 valence electrons. The average Bonchev–Trinajstić information content (AvgIpc) is 2.66. The number of ether oxygens (including phenoxy) is 1. The van der Waals surface area contributed by atoms with Crippen LogP contribution in [0.3, 0.4) is 0 Å². The maximum absolute atomic E-state index is 6.02. The quantitative estimate of drug-likeness (QED) is 0.504. The number of hydrogen-bond acceptors (Lipinski definition) is 2. The van der Waals surface area contributed by atoms with Crippen molar-refractivity contribution in [2.45, 2.75) is 45.7 Å². The standard InChI is InChI=1S/C22H30ClNO/c1-4-18(2)21-10-12-22(13-11-21)25-17-19(3)24(15-14-23)16-20-8-6-5-7-9-20/h5-13,18-19H,4,14-17H2,1-3H3/t18-,19-/m1/s1. The van der Waals surface area contributed by atoms with Gasteiger partial charge in [0.15, 0.2) is 0 Å². The summed E-state index contributed by atoms with van der Waals surface area (Å²) in [5.41, 5.74) is 2.67. The highest BCUT2D eigenvalue weighted by atomic mass is 35.5. The minimum Gasteiger partial charge on any atom is -0.492 e. The molecule has 0 saturated carbocycles. The fraction of sp³-hybridized carbons (Fsp3) is 0.455. The van der Waals surface area contributed by atoms with Crippen molar-refractivity contribution in [3.05, 3.63) is 65.7 Å². The number of hydrogen-bond donors (Lipinski definition) is 0. The first-order chi connectivity index (χ1) is 12.1. The van der Waals surface area contributed by atoms with Crippen LogP contribution in [0.25, 0.3) is 0 Å². The van der Waals surface area contributed by atoms with Crippen LogP contribution >= 0.6 is 11.6 Å². The van der Waals surface area contributed by atoms with Crippen LogP contribution in [0.5, 0.6) is 5.75 Å². The van der Waals surface area contributed by atoms with Gasteiger partial charge in [-0.15, -0.1) is 11.6 Å². The number of nitrogens with zero attached hydrogens (tertiary/aromatic N) is 1. The molecule has 0 spiro atoms. The van der Waals surface area contributed by atoms with Crippen molar-refractivity contribution in [3.63, 3.8) is 0 Å². The van der Waals surface area contributed by atoms with Crippen LogP contribution in [0.15, 0.2) is 54.6 Å². The molecule has 2 aromatic rings. The van der Waals surface area contributed by atoms with Crippen LogP contribution < -0.4 is 4.74 Å². The van der Waals surface area contributed by atoms with Crippen LogP contribution in [-0.2, 0) is 6.54 Å². The predicted molar refractivity (Wildman–Crippen MR) is 108 cm³/mol. The molecule has 0 N–H and O–H groups in total. The van der Waals surface area contributed by atoms with E-state index in [-0.39, 0.29) is 0 Å². The van der Waals surface area contributed by atoms with E-state index < -0.39 is 0 Å².